The molecule has 1 aliphatic rings. The van der Waals surface area contributed by atoms with Crippen molar-refractivity contribution >= 4 is 12.6 Å². The van der Waals surface area contributed by atoms with E-state index in [9.17, 15) is 4.79 Å². The Morgan fingerprint density at radius 2 is 1.85 bits per heavy atom. The van der Waals surface area contributed by atoms with Gasteiger partial charge >= 0.3 is 7.12 Å². The number of nitrogens with zero attached hydrogens (tertiary/aromatic N) is 1. The first-order chi connectivity index (χ1) is 9.18. The lowest BCUT2D eigenvalue weighted by molar-refractivity contribution is 0.00578. The van der Waals surface area contributed by atoms with Crippen molar-refractivity contribution in [1.82, 2.24) is 4.98 Å². The van der Waals surface area contributed by atoms with E-state index in [1.807, 2.05) is 27.7 Å². The summed E-state index contributed by atoms with van der Waals surface area (Å²) in [5.74, 6) is -0.352. The minimum absolute atomic E-state index is 0.181. The Kier molecular flexibility index (Phi) is 3.53. The molecule has 1 fully saturated rings. The van der Waals surface area contributed by atoms with Crippen LogP contribution in [0, 0.1) is 11.3 Å². The fraction of sp³-hybridized carbons (Fsp3) is 0.571. The first kappa shape index (κ1) is 14.8. The molecule has 0 aliphatic carbocycles. The molecule has 2 heterocycles. The van der Waals surface area contributed by atoms with Gasteiger partial charge in [-0.2, -0.15) is 5.26 Å². The van der Waals surface area contributed by atoms with Crippen LogP contribution in [0.25, 0.3) is 0 Å². The zero-order valence-corrected chi connectivity index (χ0v) is 12.5. The summed E-state index contributed by atoms with van der Waals surface area (Å²) < 4.78 is 11.7. The van der Waals surface area contributed by atoms with Gasteiger partial charge < -0.3 is 14.3 Å². The van der Waals surface area contributed by atoms with Crippen molar-refractivity contribution in [2.75, 3.05) is 0 Å². The maximum absolute atomic E-state index is 12.2. The van der Waals surface area contributed by atoms with Crippen molar-refractivity contribution in [3.8, 4) is 6.07 Å². The summed E-state index contributed by atoms with van der Waals surface area (Å²) in [6.07, 6.45) is 1.58. The first-order valence-corrected chi connectivity index (χ1v) is 6.66. The molecule has 0 spiro atoms. The maximum Gasteiger partial charge on any atom is 0.500 e. The Hall–Kier alpha value is -1.58. The molecule has 0 aromatic carbocycles. The third kappa shape index (κ3) is 2.39. The number of aromatic amines is 1. The highest BCUT2D eigenvalue weighted by molar-refractivity contribution is 6.61. The number of pyridine rings is 1. The Labute approximate surface area is 119 Å². The van der Waals surface area contributed by atoms with Gasteiger partial charge in [-0.3, -0.25) is 4.79 Å². The van der Waals surface area contributed by atoms with Gasteiger partial charge in [0.05, 0.1) is 23.2 Å². The Morgan fingerprint density at radius 1 is 1.30 bits per heavy atom. The molecule has 1 N–H and O–H groups in total. The largest absolute Gasteiger partial charge is 0.500 e. The summed E-state index contributed by atoms with van der Waals surface area (Å²) in [6.45, 7) is 9.49. The van der Waals surface area contributed by atoms with Crippen molar-refractivity contribution in [3.63, 3.8) is 0 Å². The van der Waals surface area contributed by atoms with Crippen LogP contribution in [0.2, 0.25) is 0 Å². The van der Waals surface area contributed by atoms with Crippen LogP contribution in [0.3, 0.4) is 0 Å². The quantitative estimate of drug-likeness (QED) is 0.825. The van der Waals surface area contributed by atoms with Crippen molar-refractivity contribution < 1.29 is 9.31 Å². The smallest absolute Gasteiger partial charge is 0.399 e. The van der Waals surface area contributed by atoms with Crippen LogP contribution in [-0.4, -0.2) is 23.3 Å². The van der Waals surface area contributed by atoms with Crippen molar-refractivity contribution in [1.29, 1.82) is 5.26 Å². The second-order valence-electron chi connectivity index (χ2n) is 6.15. The third-order valence-corrected chi connectivity index (χ3v) is 4.13. The number of rotatable bonds is 2. The molecule has 1 aromatic heterocycles. The monoisotopic (exact) mass is 274 g/mol. The van der Waals surface area contributed by atoms with E-state index >= 15 is 0 Å². The minimum atomic E-state index is -0.685. The Bertz CT molecular complexity index is 600. The highest BCUT2D eigenvalue weighted by Crippen LogP contribution is 2.36. The van der Waals surface area contributed by atoms with E-state index in [-0.39, 0.29) is 11.3 Å². The predicted octanol–water partition coefficient (Wildman–Crippen LogP) is 1.30. The summed E-state index contributed by atoms with van der Waals surface area (Å²) in [5, 5.41) is 8.88. The Morgan fingerprint density at radius 3 is 2.30 bits per heavy atom. The standard InChI is InChI=1S/C14H19BN2O3/c1-9(7-16)11-6-12(18)10(8-17-11)15-19-13(2,3)14(4,5)20-15/h6,8-9H,1-5H3,(H,17,18). The SMILES string of the molecule is CC(C#N)c1cc(=O)c(B2OC(C)(C)C(C)(C)O2)c[nH]1. The van der Waals surface area contributed by atoms with Gasteiger partial charge in [0, 0.05) is 23.4 Å². The average molecular weight is 274 g/mol. The third-order valence-electron chi connectivity index (χ3n) is 4.13. The van der Waals surface area contributed by atoms with Gasteiger partial charge in [-0.1, -0.05) is 0 Å². The average Bonchev–Trinajstić information content (AvgIpc) is 2.57. The number of nitrogens with one attached hydrogen (secondary N) is 1. The van der Waals surface area contributed by atoms with Crippen LogP contribution >= 0.6 is 0 Å². The van der Waals surface area contributed by atoms with Gasteiger partial charge in [-0.15, -0.1) is 0 Å². The van der Waals surface area contributed by atoms with E-state index in [1.54, 1.807) is 13.1 Å². The molecule has 2 rings (SSSR count). The van der Waals surface area contributed by atoms with E-state index in [0.717, 1.165) is 0 Å². The summed E-state index contributed by atoms with van der Waals surface area (Å²) in [6, 6.07) is 3.53. The zero-order chi connectivity index (χ0) is 15.1. The molecule has 1 aliphatic heterocycles. The van der Waals surface area contributed by atoms with Crippen LogP contribution in [-0.2, 0) is 9.31 Å². The maximum atomic E-state index is 12.2. The number of hydrogen-bond acceptors (Lipinski definition) is 4. The van der Waals surface area contributed by atoms with Crippen molar-refractivity contribution in [2.24, 2.45) is 0 Å². The molecule has 6 heteroatoms. The number of hydrogen-bond donors (Lipinski definition) is 1. The molecule has 0 bridgehead atoms. The zero-order valence-electron chi connectivity index (χ0n) is 12.5. The second kappa shape index (κ2) is 4.76. The van der Waals surface area contributed by atoms with Crippen LogP contribution in [0.5, 0.6) is 0 Å². The minimum Gasteiger partial charge on any atom is -0.399 e. The van der Waals surface area contributed by atoms with Gasteiger partial charge in [-0.25, -0.2) is 0 Å². The molecule has 1 atom stereocenters. The van der Waals surface area contributed by atoms with Crippen molar-refractivity contribution in [3.05, 3.63) is 28.2 Å². The molecule has 0 amide bonds. The lowest BCUT2D eigenvalue weighted by Gasteiger charge is -2.32. The molecule has 106 valence electrons. The van der Waals surface area contributed by atoms with Gasteiger partial charge in [0.15, 0.2) is 5.43 Å². The topological polar surface area (TPSA) is 75.1 Å². The summed E-state index contributed by atoms with van der Waals surface area (Å²) >= 11 is 0. The van der Waals surface area contributed by atoms with Gasteiger partial charge in [0.2, 0.25) is 0 Å². The lowest BCUT2D eigenvalue weighted by Crippen LogP contribution is -2.44. The Balaban J connectivity index is 2.33. The normalized spacial score (nSPS) is 21.5. The molecule has 0 saturated carbocycles. The van der Waals surface area contributed by atoms with E-state index in [1.165, 1.54) is 6.07 Å². The van der Waals surface area contributed by atoms with Gasteiger partial charge in [0.1, 0.15) is 0 Å². The van der Waals surface area contributed by atoms with E-state index in [2.05, 4.69) is 11.1 Å². The second-order valence-corrected chi connectivity index (χ2v) is 6.15. The van der Waals surface area contributed by atoms with Gasteiger partial charge in [-0.05, 0) is 34.6 Å². The number of aromatic nitrogens is 1. The van der Waals surface area contributed by atoms with Crippen LogP contribution < -0.4 is 10.9 Å². The molecule has 5 nitrogen and oxygen atoms in total. The highest BCUT2D eigenvalue weighted by Gasteiger charge is 2.52. The number of nitriles is 1. The molecule has 1 unspecified atom stereocenters. The van der Waals surface area contributed by atoms with Gasteiger partial charge in [0.25, 0.3) is 0 Å². The first-order valence-electron chi connectivity index (χ1n) is 6.66. The van der Waals surface area contributed by atoms with Crippen LogP contribution in [0.15, 0.2) is 17.1 Å². The van der Waals surface area contributed by atoms with Crippen molar-refractivity contribution in [2.45, 2.75) is 51.7 Å². The van der Waals surface area contributed by atoms with Crippen LogP contribution in [0.1, 0.15) is 46.2 Å². The molecule has 0 radical (unpaired) electrons. The van der Waals surface area contributed by atoms with E-state index in [4.69, 9.17) is 14.6 Å². The summed E-state index contributed by atoms with van der Waals surface area (Å²) in [4.78, 5) is 15.2. The van der Waals surface area contributed by atoms with E-state index in [0.29, 0.717) is 11.2 Å². The number of H-pyrrole nitrogens is 1. The predicted molar refractivity (Wildman–Crippen MR) is 76.8 cm³/mol. The molecular weight excluding hydrogens is 255 g/mol. The summed E-state index contributed by atoms with van der Waals surface area (Å²) in [7, 11) is -0.685. The fourth-order valence-corrected chi connectivity index (χ4v) is 1.97. The highest BCUT2D eigenvalue weighted by atomic mass is 16.7. The summed E-state index contributed by atoms with van der Waals surface area (Å²) in [5.41, 5.74) is -0.125. The molecule has 1 aromatic rings. The lowest BCUT2D eigenvalue weighted by atomic mass is 9.79. The molecular formula is C14H19BN2O3. The molecule has 20 heavy (non-hydrogen) atoms. The van der Waals surface area contributed by atoms with E-state index < -0.39 is 18.3 Å². The molecule has 1 saturated heterocycles. The van der Waals surface area contributed by atoms with Crippen LogP contribution in [0.4, 0.5) is 0 Å². The fourth-order valence-electron chi connectivity index (χ4n) is 1.97.